The predicted octanol–water partition coefficient (Wildman–Crippen LogP) is 8.85. The van der Waals surface area contributed by atoms with Crippen molar-refractivity contribution in [2.45, 2.75) is 74.8 Å². The van der Waals surface area contributed by atoms with Crippen LogP contribution in [-0.4, -0.2) is 129 Å². The van der Waals surface area contributed by atoms with Crippen LogP contribution in [0.2, 0.25) is 5.02 Å². The first-order valence-corrected chi connectivity index (χ1v) is 26.2. The first kappa shape index (κ1) is 51.4. The van der Waals surface area contributed by atoms with Gasteiger partial charge in [0.15, 0.2) is 0 Å². The lowest BCUT2D eigenvalue weighted by molar-refractivity contribution is -0.384. The largest absolute Gasteiger partial charge is 0.444 e. The summed E-state index contributed by atoms with van der Waals surface area (Å²) in [6.07, 6.45) is 3.55. The van der Waals surface area contributed by atoms with Gasteiger partial charge in [-0.1, -0.05) is 54.4 Å². The summed E-state index contributed by atoms with van der Waals surface area (Å²) in [5.41, 5.74) is 4.15. The third-order valence-electron chi connectivity index (χ3n) is 12.8. The average Bonchev–Trinajstić information content (AvgIpc) is 3.31. The Balaban J connectivity index is 0.945. The van der Waals surface area contributed by atoms with Crippen LogP contribution in [0.1, 0.15) is 69.3 Å². The van der Waals surface area contributed by atoms with E-state index in [1.54, 1.807) is 24.3 Å². The Labute approximate surface area is 414 Å². The predicted molar refractivity (Wildman–Crippen MR) is 273 cm³/mol. The number of piperazine rings is 2. The van der Waals surface area contributed by atoms with Gasteiger partial charge in [0.05, 0.1) is 9.82 Å². The number of nitro benzene ring substituents is 1. The summed E-state index contributed by atoms with van der Waals surface area (Å²) in [5, 5.41) is 15.9. The molecule has 2 fully saturated rings. The fraction of sp³-hybridized carbons (Fsp3) is 0.431. The van der Waals surface area contributed by atoms with Gasteiger partial charge in [-0.2, -0.15) is 0 Å². The fourth-order valence-electron chi connectivity index (χ4n) is 9.22. The van der Waals surface area contributed by atoms with Crippen LogP contribution in [0.3, 0.4) is 0 Å². The van der Waals surface area contributed by atoms with Crippen LogP contribution in [-0.2, 0) is 19.6 Å². The Morgan fingerprint density at radius 1 is 0.913 bits per heavy atom. The van der Waals surface area contributed by atoms with Crippen molar-refractivity contribution in [2.75, 3.05) is 81.4 Å². The number of hydrogen-bond donors (Lipinski definition) is 2. The molecule has 4 aromatic carbocycles. The number of benzene rings is 4. The van der Waals surface area contributed by atoms with Crippen molar-refractivity contribution in [1.29, 1.82) is 0 Å². The van der Waals surface area contributed by atoms with Crippen molar-refractivity contribution >= 4 is 74.3 Å². The van der Waals surface area contributed by atoms with Crippen LogP contribution < -0.4 is 14.9 Å². The molecule has 0 spiro atoms. The summed E-state index contributed by atoms with van der Waals surface area (Å²) in [6.45, 7) is 16.0. The molecule has 15 nitrogen and oxygen atoms in total. The highest BCUT2D eigenvalue weighted by atomic mass is 35.5. The summed E-state index contributed by atoms with van der Waals surface area (Å²) < 4.78 is 34.5. The van der Waals surface area contributed by atoms with E-state index in [4.69, 9.17) is 16.3 Å². The Kier molecular flexibility index (Phi) is 16.8. The first-order valence-electron chi connectivity index (χ1n) is 23.4. The van der Waals surface area contributed by atoms with Crippen LogP contribution in [0.25, 0.3) is 5.57 Å². The first-order chi connectivity index (χ1) is 32.9. The second-order valence-electron chi connectivity index (χ2n) is 19.4. The maximum Gasteiger partial charge on any atom is 0.410 e. The molecule has 2 unspecified atom stereocenters. The van der Waals surface area contributed by atoms with Crippen LogP contribution in [0.5, 0.6) is 0 Å². The lowest BCUT2D eigenvalue weighted by Gasteiger charge is -2.44. The highest BCUT2D eigenvalue weighted by Crippen LogP contribution is 2.44. The molecule has 368 valence electrons. The monoisotopic (exact) mass is 999 g/mol. The molecule has 2 saturated heterocycles. The third kappa shape index (κ3) is 14.1. The molecule has 4 aromatic rings. The molecule has 2 amide bonds. The second kappa shape index (κ2) is 22.5. The van der Waals surface area contributed by atoms with E-state index in [2.05, 4.69) is 43.8 Å². The van der Waals surface area contributed by atoms with E-state index in [0.29, 0.717) is 23.9 Å². The summed E-state index contributed by atoms with van der Waals surface area (Å²) >= 11 is 7.79. The molecule has 2 atom stereocenters. The SMILES string of the molecule is CC1(CN2CCN(C(=O)OC(C)(C)C)CC2)CCC(c2ccc(Cl)cc2)=C(CN2CCN(c3ccc(C(=O)NS(=O)(=O)c4ccc(NC(CC=O)CSc5ccccc5)c([N+](=O)[O-])c4)cc3)CC2)C1. The molecule has 2 N–H and O–H groups in total. The Hall–Kier alpha value is -5.46. The van der Waals surface area contributed by atoms with Gasteiger partial charge in [-0.05, 0) is 117 Å². The van der Waals surface area contributed by atoms with Crippen molar-refractivity contribution in [3.05, 3.63) is 129 Å². The van der Waals surface area contributed by atoms with Crippen LogP contribution in [0, 0.1) is 15.5 Å². The quantitative estimate of drug-likeness (QED) is 0.0445. The van der Waals surface area contributed by atoms with Gasteiger partial charge in [-0.25, -0.2) is 17.9 Å². The maximum absolute atomic E-state index is 13.4. The topological polar surface area (TPSA) is 175 Å². The Bertz CT molecular complexity index is 2600. The highest BCUT2D eigenvalue weighted by Gasteiger charge is 2.36. The van der Waals surface area contributed by atoms with Gasteiger partial charge in [0, 0.05) is 111 Å². The number of nitrogens with one attached hydrogen (secondary N) is 2. The molecule has 1 aliphatic carbocycles. The maximum atomic E-state index is 13.4. The molecule has 7 rings (SSSR count). The van der Waals surface area contributed by atoms with E-state index in [0.717, 1.165) is 94.6 Å². The number of amides is 2. The zero-order chi connectivity index (χ0) is 49.3. The van der Waals surface area contributed by atoms with Gasteiger partial charge >= 0.3 is 6.09 Å². The van der Waals surface area contributed by atoms with Crippen molar-refractivity contribution in [3.8, 4) is 0 Å². The Morgan fingerprint density at radius 3 is 2.22 bits per heavy atom. The van der Waals surface area contributed by atoms with Gasteiger partial charge in [0.1, 0.15) is 17.6 Å². The van der Waals surface area contributed by atoms with Crippen LogP contribution in [0.15, 0.2) is 112 Å². The van der Waals surface area contributed by atoms with Gasteiger partial charge in [-0.15, -0.1) is 11.8 Å². The molecular weight excluding hydrogens is 938 g/mol. The number of rotatable bonds is 17. The number of allylic oxidation sites excluding steroid dienone is 1. The Morgan fingerprint density at radius 2 is 1.58 bits per heavy atom. The number of halogens is 1. The van der Waals surface area contributed by atoms with Crippen molar-refractivity contribution in [2.24, 2.45) is 5.41 Å². The smallest absolute Gasteiger partial charge is 0.410 e. The van der Waals surface area contributed by atoms with Gasteiger partial charge in [-0.3, -0.25) is 24.7 Å². The van der Waals surface area contributed by atoms with Crippen molar-refractivity contribution in [1.82, 2.24) is 19.4 Å². The summed E-state index contributed by atoms with van der Waals surface area (Å²) in [4.78, 5) is 58.5. The van der Waals surface area contributed by atoms with E-state index >= 15 is 0 Å². The molecule has 0 aromatic heterocycles. The van der Waals surface area contributed by atoms with Gasteiger partial charge < -0.3 is 24.6 Å². The van der Waals surface area contributed by atoms with E-state index in [-0.39, 0.29) is 29.2 Å². The number of ether oxygens (including phenoxy) is 1. The van der Waals surface area contributed by atoms with Crippen molar-refractivity contribution < 1.29 is 32.5 Å². The highest BCUT2D eigenvalue weighted by molar-refractivity contribution is 7.99. The standard InChI is InChI=1S/C51H62ClN7O8S2/c1-50(2,3)67-49(62)58-29-25-56(26-30-58)36-51(4)22-20-45(37-10-14-40(52)15-11-37)39(33-51)34-55-23-27-57(28-24-55)42-16-12-38(13-17-42)48(61)54-69(65,66)44-18-19-46(47(32-44)59(63)64)53-41(21-31-60)35-68-43-8-6-5-7-9-43/h5-19,31-32,41,53H,20-30,33-36H2,1-4H3,(H,54,61). The number of nitro groups is 1. The zero-order valence-corrected chi connectivity index (χ0v) is 42.1. The molecule has 3 aliphatic rings. The molecule has 0 bridgehead atoms. The molecule has 69 heavy (non-hydrogen) atoms. The molecule has 2 aliphatic heterocycles. The minimum atomic E-state index is -4.50. The zero-order valence-electron chi connectivity index (χ0n) is 39.7. The molecule has 18 heteroatoms. The molecule has 0 saturated carbocycles. The van der Waals surface area contributed by atoms with E-state index in [9.17, 15) is 32.9 Å². The second-order valence-corrected chi connectivity index (χ2v) is 22.6. The summed E-state index contributed by atoms with van der Waals surface area (Å²) in [5.74, 6) is -0.440. The molecule has 0 radical (unpaired) electrons. The minimum Gasteiger partial charge on any atom is -0.444 e. The lowest BCUT2D eigenvalue weighted by Crippen LogP contribution is -2.52. The number of aldehydes is 1. The molecule has 2 heterocycles. The number of carbonyl (C=O) groups is 3. The lowest BCUT2D eigenvalue weighted by atomic mass is 9.71. The third-order valence-corrected chi connectivity index (χ3v) is 15.5. The fourth-order valence-corrected chi connectivity index (χ4v) is 11.3. The van der Waals surface area contributed by atoms with E-state index < -0.39 is 43.1 Å². The number of sulfonamides is 1. The van der Waals surface area contributed by atoms with Crippen molar-refractivity contribution in [3.63, 3.8) is 0 Å². The van der Waals surface area contributed by atoms with Crippen LogP contribution >= 0.6 is 23.4 Å². The van der Waals surface area contributed by atoms with E-state index in [1.165, 1.54) is 40.6 Å². The number of nitrogens with zero attached hydrogens (tertiary/aromatic N) is 5. The number of anilines is 2. The number of thioether (sulfide) groups is 1. The number of carbonyl (C=O) groups excluding carboxylic acids is 3. The number of hydrogen-bond acceptors (Lipinski definition) is 13. The van der Waals surface area contributed by atoms with E-state index in [1.807, 2.05) is 68.1 Å². The van der Waals surface area contributed by atoms with Crippen LogP contribution in [0.4, 0.5) is 21.9 Å². The van der Waals surface area contributed by atoms with Gasteiger partial charge in [0.2, 0.25) is 0 Å². The van der Waals surface area contributed by atoms with Gasteiger partial charge in [0.25, 0.3) is 21.6 Å². The normalized spacial score (nSPS) is 18.9. The average molecular weight is 1000 g/mol. The minimum absolute atomic E-state index is 0.0547. The molecular formula is C51H62ClN7O8S2. The summed E-state index contributed by atoms with van der Waals surface area (Å²) in [6, 6.07) is 27.3. The summed E-state index contributed by atoms with van der Waals surface area (Å²) in [7, 11) is -4.50.